The first kappa shape index (κ1) is 19.6. The molecular formula is C17H19F3N2O4. The van der Waals surface area contributed by atoms with Gasteiger partial charge in [0.25, 0.3) is 0 Å². The van der Waals surface area contributed by atoms with Gasteiger partial charge in [-0.05, 0) is 31.0 Å². The number of nitrogens with one attached hydrogen (secondary N) is 1. The maximum Gasteiger partial charge on any atom is 0.416 e. The number of alkyl halides is 3. The van der Waals surface area contributed by atoms with Gasteiger partial charge in [0.05, 0.1) is 37.2 Å². The predicted molar refractivity (Wildman–Crippen MR) is 88.6 cm³/mol. The highest BCUT2D eigenvalue weighted by Gasteiger charge is 2.32. The molecule has 1 heterocycles. The van der Waals surface area contributed by atoms with Gasteiger partial charge in [-0.1, -0.05) is 0 Å². The molecule has 0 unspecified atom stereocenters. The summed E-state index contributed by atoms with van der Waals surface area (Å²) in [4.78, 5) is 25.3. The van der Waals surface area contributed by atoms with E-state index in [0.29, 0.717) is 18.8 Å². The zero-order valence-electron chi connectivity index (χ0n) is 14.4. The number of carbonyl (C=O) groups is 2. The average Bonchev–Trinajstić information content (AvgIpc) is 3.13. The van der Waals surface area contributed by atoms with Gasteiger partial charge in [-0.25, -0.2) is 9.59 Å². The summed E-state index contributed by atoms with van der Waals surface area (Å²) in [6.45, 7) is 1.38. The highest BCUT2D eigenvalue weighted by molar-refractivity contribution is 5.99. The summed E-state index contributed by atoms with van der Waals surface area (Å²) in [6.07, 6.45) is -1.87. The lowest BCUT2D eigenvalue weighted by molar-refractivity contribution is -0.138. The first-order valence-corrected chi connectivity index (χ1v) is 7.87. The van der Waals surface area contributed by atoms with Crippen molar-refractivity contribution in [1.29, 1.82) is 0 Å². The van der Waals surface area contributed by atoms with Gasteiger partial charge in [-0.2, -0.15) is 13.2 Å². The summed E-state index contributed by atoms with van der Waals surface area (Å²) in [5.74, 6) is -1.74. The Morgan fingerprint density at radius 3 is 2.35 bits per heavy atom. The van der Waals surface area contributed by atoms with E-state index in [0.717, 1.165) is 45.3 Å². The Morgan fingerprint density at radius 2 is 1.81 bits per heavy atom. The van der Waals surface area contributed by atoms with Crippen molar-refractivity contribution >= 4 is 23.3 Å². The van der Waals surface area contributed by atoms with E-state index in [-0.39, 0.29) is 11.4 Å². The maximum absolute atomic E-state index is 13.1. The quantitative estimate of drug-likeness (QED) is 0.633. The highest BCUT2D eigenvalue weighted by atomic mass is 19.4. The normalized spacial score (nSPS) is 15.0. The average molecular weight is 372 g/mol. The second-order valence-electron chi connectivity index (χ2n) is 5.62. The van der Waals surface area contributed by atoms with Crippen LogP contribution in [0.5, 0.6) is 0 Å². The predicted octanol–water partition coefficient (Wildman–Crippen LogP) is 2.95. The number of ether oxygens (including phenoxy) is 2. The number of methoxy groups -OCH3 is 2. The van der Waals surface area contributed by atoms with Crippen LogP contribution in [-0.2, 0) is 25.2 Å². The zero-order valence-corrected chi connectivity index (χ0v) is 14.4. The van der Waals surface area contributed by atoms with Gasteiger partial charge in [0.15, 0.2) is 0 Å². The minimum atomic E-state index is -4.54. The van der Waals surface area contributed by atoms with Crippen molar-refractivity contribution in [2.24, 2.45) is 0 Å². The first-order chi connectivity index (χ1) is 12.3. The fourth-order valence-electron chi connectivity index (χ4n) is 2.62. The van der Waals surface area contributed by atoms with E-state index in [1.54, 1.807) is 0 Å². The maximum atomic E-state index is 13.1. The molecule has 1 aromatic carbocycles. The van der Waals surface area contributed by atoms with Crippen molar-refractivity contribution < 1.29 is 32.2 Å². The molecule has 1 fully saturated rings. The molecule has 0 saturated carbocycles. The number of nitrogens with zero attached hydrogens (tertiary/aromatic N) is 1. The monoisotopic (exact) mass is 372 g/mol. The van der Waals surface area contributed by atoms with Crippen molar-refractivity contribution in [3.8, 4) is 0 Å². The van der Waals surface area contributed by atoms with Crippen LogP contribution in [-0.4, -0.2) is 39.2 Å². The standard InChI is InChI=1S/C17H19F3N2O4/c1-25-15(23)10-13(16(24)26-2)21-12-9-11(17(18,19)20)5-6-14(12)22-7-3-4-8-22/h5-6,9-10,21H,3-4,7-8H2,1-2H3/b13-10+. The second kappa shape index (κ2) is 8.11. The van der Waals surface area contributed by atoms with Crippen LogP contribution in [0.1, 0.15) is 18.4 Å². The molecule has 0 bridgehead atoms. The van der Waals surface area contributed by atoms with E-state index in [1.165, 1.54) is 6.07 Å². The number of halogens is 3. The van der Waals surface area contributed by atoms with Crippen LogP contribution in [0.2, 0.25) is 0 Å². The molecule has 0 aromatic heterocycles. The molecule has 26 heavy (non-hydrogen) atoms. The Bertz CT molecular complexity index is 710. The molecule has 1 aliphatic rings. The molecule has 0 amide bonds. The summed E-state index contributed by atoms with van der Waals surface area (Å²) in [7, 11) is 2.22. The van der Waals surface area contributed by atoms with Gasteiger partial charge in [-0.15, -0.1) is 0 Å². The summed E-state index contributed by atoms with van der Waals surface area (Å²) < 4.78 is 48.3. The van der Waals surface area contributed by atoms with Gasteiger partial charge in [0.1, 0.15) is 5.70 Å². The molecule has 1 aromatic rings. The van der Waals surface area contributed by atoms with Gasteiger partial charge < -0.3 is 19.7 Å². The highest BCUT2D eigenvalue weighted by Crippen LogP contribution is 2.37. The lowest BCUT2D eigenvalue weighted by atomic mass is 10.1. The van der Waals surface area contributed by atoms with Crippen LogP contribution in [0.25, 0.3) is 0 Å². The van der Waals surface area contributed by atoms with Crippen molar-refractivity contribution in [1.82, 2.24) is 0 Å². The molecule has 1 aliphatic heterocycles. The minimum absolute atomic E-state index is 0.0577. The Labute approximate surface area is 148 Å². The number of anilines is 2. The van der Waals surface area contributed by atoms with Crippen LogP contribution >= 0.6 is 0 Å². The third-order valence-electron chi connectivity index (χ3n) is 3.91. The van der Waals surface area contributed by atoms with Crippen molar-refractivity contribution in [2.75, 3.05) is 37.5 Å². The van der Waals surface area contributed by atoms with Gasteiger partial charge in [-0.3, -0.25) is 0 Å². The van der Waals surface area contributed by atoms with E-state index in [2.05, 4.69) is 14.8 Å². The third kappa shape index (κ3) is 4.68. The van der Waals surface area contributed by atoms with Crippen molar-refractivity contribution in [3.05, 3.63) is 35.5 Å². The number of benzene rings is 1. The van der Waals surface area contributed by atoms with E-state index in [1.807, 2.05) is 4.90 Å². The summed E-state index contributed by atoms with van der Waals surface area (Å²) >= 11 is 0. The van der Waals surface area contributed by atoms with Crippen LogP contribution in [0.3, 0.4) is 0 Å². The molecule has 142 valence electrons. The molecule has 1 saturated heterocycles. The molecule has 9 heteroatoms. The second-order valence-corrected chi connectivity index (χ2v) is 5.62. The van der Waals surface area contributed by atoms with Gasteiger partial charge in [0.2, 0.25) is 0 Å². The van der Waals surface area contributed by atoms with E-state index < -0.39 is 23.7 Å². The smallest absolute Gasteiger partial charge is 0.416 e. The molecule has 0 aliphatic carbocycles. The molecule has 0 spiro atoms. The minimum Gasteiger partial charge on any atom is -0.466 e. The zero-order chi connectivity index (χ0) is 19.3. The Hall–Kier alpha value is -2.71. The van der Waals surface area contributed by atoms with Crippen LogP contribution < -0.4 is 10.2 Å². The number of rotatable bonds is 5. The molecule has 6 nitrogen and oxygen atoms in total. The molecule has 0 radical (unpaired) electrons. The third-order valence-corrected chi connectivity index (χ3v) is 3.91. The van der Waals surface area contributed by atoms with E-state index in [4.69, 9.17) is 0 Å². The van der Waals surface area contributed by atoms with Gasteiger partial charge >= 0.3 is 18.1 Å². The molecule has 1 N–H and O–H groups in total. The number of carbonyl (C=O) groups excluding carboxylic acids is 2. The summed E-state index contributed by atoms with van der Waals surface area (Å²) in [6, 6.07) is 3.24. The lowest BCUT2D eigenvalue weighted by Crippen LogP contribution is -2.22. The van der Waals surface area contributed by atoms with E-state index >= 15 is 0 Å². The molecular weight excluding hydrogens is 353 g/mol. The Morgan fingerprint density at radius 1 is 1.15 bits per heavy atom. The van der Waals surface area contributed by atoms with Crippen molar-refractivity contribution in [3.63, 3.8) is 0 Å². The largest absolute Gasteiger partial charge is 0.466 e. The Balaban J connectivity index is 2.47. The van der Waals surface area contributed by atoms with Crippen LogP contribution in [0.15, 0.2) is 30.0 Å². The van der Waals surface area contributed by atoms with Crippen LogP contribution in [0, 0.1) is 0 Å². The van der Waals surface area contributed by atoms with Crippen LogP contribution in [0.4, 0.5) is 24.5 Å². The van der Waals surface area contributed by atoms with Gasteiger partial charge in [0, 0.05) is 13.1 Å². The molecule has 2 rings (SSSR count). The lowest BCUT2D eigenvalue weighted by Gasteiger charge is -2.23. The fraction of sp³-hybridized carbons (Fsp3) is 0.412. The SMILES string of the molecule is COC(=O)/C=C(/Nc1cc(C(F)(F)F)ccc1N1CCCC1)C(=O)OC. The number of esters is 2. The van der Waals surface area contributed by atoms with Crippen molar-refractivity contribution in [2.45, 2.75) is 19.0 Å². The van der Waals surface area contributed by atoms with E-state index in [9.17, 15) is 22.8 Å². The molecule has 0 atom stereocenters. The first-order valence-electron chi connectivity index (χ1n) is 7.87. The summed E-state index contributed by atoms with van der Waals surface area (Å²) in [5.41, 5.74) is -0.623. The summed E-state index contributed by atoms with van der Waals surface area (Å²) in [5, 5.41) is 2.60. The topological polar surface area (TPSA) is 67.9 Å². The fourth-order valence-corrected chi connectivity index (χ4v) is 2.62. The number of hydrogen-bond acceptors (Lipinski definition) is 6. The number of hydrogen-bond donors (Lipinski definition) is 1. The Kier molecular flexibility index (Phi) is 6.12.